The summed E-state index contributed by atoms with van der Waals surface area (Å²) in [5.41, 5.74) is -0.904. The molecule has 1 amide bonds. The number of ether oxygens (including phenoxy) is 1. The monoisotopic (exact) mass is 314 g/mol. The molecule has 2 atom stereocenters. The molecule has 0 aromatic heterocycles. The number of rotatable bonds is 5. The van der Waals surface area contributed by atoms with Crippen LogP contribution < -0.4 is 0 Å². The highest BCUT2D eigenvalue weighted by Crippen LogP contribution is 2.25. The Kier molecular flexibility index (Phi) is 5.82. The lowest BCUT2D eigenvalue weighted by molar-refractivity contribution is -0.152. The van der Waals surface area contributed by atoms with Gasteiger partial charge in [-0.15, -0.1) is 0 Å². The fraction of sp³-hybridized carbons (Fsp3) is 0.938. The first-order chi connectivity index (χ1) is 10.3. The summed E-state index contributed by atoms with van der Waals surface area (Å²) < 4.78 is 5.69. The molecule has 0 spiro atoms. The number of piperidine rings is 1. The zero-order valence-corrected chi connectivity index (χ0v) is 14.0. The maximum absolute atomic E-state index is 11.8. The third kappa shape index (κ3) is 4.19. The Bertz CT molecular complexity index is 380. The third-order valence-corrected chi connectivity index (χ3v) is 5.04. The van der Waals surface area contributed by atoms with Gasteiger partial charge in [0.25, 0.3) is 0 Å². The van der Waals surface area contributed by atoms with Gasteiger partial charge in [0.15, 0.2) is 0 Å². The van der Waals surface area contributed by atoms with Crippen LogP contribution in [0.2, 0.25) is 0 Å². The van der Waals surface area contributed by atoms with E-state index in [2.05, 4.69) is 11.8 Å². The summed E-state index contributed by atoms with van der Waals surface area (Å²) in [7, 11) is 0. The molecule has 0 saturated carbocycles. The lowest BCUT2D eigenvalue weighted by Crippen LogP contribution is -2.53. The smallest absolute Gasteiger partial charge is 0.248 e. The van der Waals surface area contributed by atoms with Crippen LogP contribution in [0.1, 0.15) is 40.0 Å². The molecule has 0 radical (unpaired) electrons. The van der Waals surface area contributed by atoms with Gasteiger partial charge in [-0.05, 0) is 40.0 Å². The summed E-state index contributed by atoms with van der Waals surface area (Å²) in [5.74, 6) is 0.0740. The summed E-state index contributed by atoms with van der Waals surface area (Å²) in [6.07, 6.45) is 2.17. The van der Waals surface area contributed by atoms with E-state index >= 15 is 0 Å². The van der Waals surface area contributed by atoms with Gasteiger partial charge in [0.1, 0.15) is 6.61 Å². The van der Waals surface area contributed by atoms with Gasteiger partial charge >= 0.3 is 0 Å². The van der Waals surface area contributed by atoms with Gasteiger partial charge in [-0.1, -0.05) is 0 Å². The van der Waals surface area contributed by atoms with E-state index in [9.17, 15) is 15.0 Å². The van der Waals surface area contributed by atoms with Crippen molar-refractivity contribution >= 4 is 5.91 Å². The molecular weight excluding hydrogens is 284 g/mol. The molecule has 2 heterocycles. The number of nitrogens with zero attached hydrogens (tertiary/aromatic N) is 2. The number of morpholine rings is 1. The second-order valence-electron chi connectivity index (χ2n) is 7.08. The molecule has 22 heavy (non-hydrogen) atoms. The predicted octanol–water partition coefficient (Wildman–Crippen LogP) is 0.220. The fourth-order valence-electron chi connectivity index (χ4n) is 3.36. The van der Waals surface area contributed by atoms with Crippen molar-refractivity contribution in [1.82, 2.24) is 9.80 Å². The average Bonchev–Trinajstić information content (AvgIpc) is 2.49. The third-order valence-electron chi connectivity index (χ3n) is 5.04. The van der Waals surface area contributed by atoms with Gasteiger partial charge in [-0.25, -0.2) is 0 Å². The van der Waals surface area contributed by atoms with Crippen molar-refractivity contribution in [1.29, 1.82) is 0 Å². The van der Waals surface area contributed by atoms with Crippen molar-refractivity contribution in [3.05, 3.63) is 0 Å². The minimum absolute atomic E-state index is 0.0740. The lowest BCUT2D eigenvalue weighted by atomic mass is 9.91. The standard InChI is InChI=1S/C16H30N2O4/c1-12(2)18-9-14(22-10-15(18)20)8-13(3)17-6-4-16(21,11-19)5-7-17/h12-14,19,21H,4-11H2,1-3H3. The molecule has 128 valence electrons. The molecule has 2 aliphatic rings. The van der Waals surface area contributed by atoms with Crippen LogP contribution in [0.5, 0.6) is 0 Å². The van der Waals surface area contributed by atoms with Gasteiger partial charge in [0, 0.05) is 31.7 Å². The van der Waals surface area contributed by atoms with E-state index in [1.54, 1.807) is 0 Å². The summed E-state index contributed by atoms with van der Waals surface area (Å²) in [6.45, 7) is 8.49. The van der Waals surface area contributed by atoms with Crippen LogP contribution in [0.15, 0.2) is 0 Å². The molecular formula is C16H30N2O4. The zero-order chi connectivity index (χ0) is 16.3. The Balaban J connectivity index is 1.82. The molecule has 2 N–H and O–H groups in total. The fourth-order valence-corrected chi connectivity index (χ4v) is 3.36. The van der Waals surface area contributed by atoms with Crippen LogP contribution in [-0.4, -0.2) is 82.6 Å². The number of carbonyl (C=O) groups is 1. The predicted molar refractivity (Wildman–Crippen MR) is 83.5 cm³/mol. The van der Waals surface area contributed by atoms with Gasteiger partial charge in [-0.3, -0.25) is 4.79 Å². The number of hydrogen-bond acceptors (Lipinski definition) is 5. The second-order valence-corrected chi connectivity index (χ2v) is 7.08. The van der Waals surface area contributed by atoms with Crippen molar-refractivity contribution < 1.29 is 19.7 Å². The molecule has 2 fully saturated rings. The molecule has 6 nitrogen and oxygen atoms in total. The van der Waals surface area contributed by atoms with Crippen molar-refractivity contribution in [2.75, 3.05) is 32.8 Å². The van der Waals surface area contributed by atoms with E-state index in [1.807, 2.05) is 18.7 Å². The highest BCUT2D eigenvalue weighted by atomic mass is 16.5. The van der Waals surface area contributed by atoms with Crippen molar-refractivity contribution in [3.8, 4) is 0 Å². The van der Waals surface area contributed by atoms with Crippen LogP contribution in [0.4, 0.5) is 0 Å². The van der Waals surface area contributed by atoms with E-state index in [0.717, 1.165) is 19.5 Å². The normalized spacial score (nSPS) is 28.2. The Hall–Kier alpha value is -0.690. The van der Waals surface area contributed by atoms with Crippen LogP contribution in [0.3, 0.4) is 0 Å². The molecule has 2 aliphatic heterocycles. The summed E-state index contributed by atoms with van der Waals surface area (Å²) in [4.78, 5) is 16.0. The van der Waals surface area contributed by atoms with Crippen molar-refractivity contribution in [2.24, 2.45) is 0 Å². The first kappa shape index (κ1) is 17.7. The molecule has 2 saturated heterocycles. The Labute approximate surface area is 133 Å². The minimum Gasteiger partial charge on any atom is -0.393 e. The van der Waals surface area contributed by atoms with Crippen molar-refractivity contribution in [3.63, 3.8) is 0 Å². The number of aliphatic hydroxyl groups is 2. The number of likely N-dealkylation sites (tertiary alicyclic amines) is 1. The average molecular weight is 314 g/mol. The highest BCUT2D eigenvalue weighted by Gasteiger charge is 2.35. The Morgan fingerprint density at radius 2 is 1.95 bits per heavy atom. The summed E-state index contributed by atoms with van der Waals surface area (Å²) in [6, 6.07) is 0.555. The number of carbonyl (C=O) groups excluding carboxylic acids is 1. The summed E-state index contributed by atoms with van der Waals surface area (Å²) in [5, 5.41) is 19.3. The Morgan fingerprint density at radius 1 is 1.32 bits per heavy atom. The lowest BCUT2D eigenvalue weighted by Gasteiger charge is -2.42. The van der Waals surface area contributed by atoms with Gasteiger partial charge in [-0.2, -0.15) is 0 Å². The van der Waals surface area contributed by atoms with E-state index in [4.69, 9.17) is 4.74 Å². The zero-order valence-electron chi connectivity index (χ0n) is 14.0. The van der Waals surface area contributed by atoms with Crippen LogP contribution in [0, 0.1) is 0 Å². The van der Waals surface area contributed by atoms with E-state index in [1.165, 1.54) is 0 Å². The number of aliphatic hydroxyl groups excluding tert-OH is 1. The molecule has 2 rings (SSSR count). The van der Waals surface area contributed by atoms with Crippen LogP contribution in [-0.2, 0) is 9.53 Å². The maximum atomic E-state index is 11.8. The maximum Gasteiger partial charge on any atom is 0.248 e. The van der Waals surface area contributed by atoms with Gasteiger partial charge < -0.3 is 24.7 Å². The Morgan fingerprint density at radius 3 is 2.50 bits per heavy atom. The van der Waals surface area contributed by atoms with Crippen LogP contribution >= 0.6 is 0 Å². The topological polar surface area (TPSA) is 73.2 Å². The van der Waals surface area contributed by atoms with Gasteiger partial charge in [0.2, 0.25) is 5.91 Å². The first-order valence-electron chi connectivity index (χ1n) is 8.33. The van der Waals surface area contributed by atoms with Crippen molar-refractivity contribution in [2.45, 2.75) is 63.8 Å². The minimum atomic E-state index is -0.904. The quantitative estimate of drug-likeness (QED) is 0.759. The number of amides is 1. The van der Waals surface area contributed by atoms with E-state index in [-0.39, 0.29) is 31.3 Å². The second kappa shape index (κ2) is 7.25. The molecule has 0 aromatic carbocycles. The molecule has 0 aromatic rings. The summed E-state index contributed by atoms with van der Waals surface area (Å²) >= 11 is 0. The highest BCUT2D eigenvalue weighted by molar-refractivity contribution is 5.78. The molecule has 0 bridgehead atoms. The van der Waals surface area contributed by atoms with E-state index in [0.29, 0.717) is 25.4 Å². The largest absolute Gasteiger partial charge is 0.393 e. The molecule has 6 heteroatoms. The van der Waals surface area contributed by atoms with E-state index < -0.39 is 5.60 Å². The number of hydrogen-bond donors (Lipinski definition) is 2. The molecule has 2 unspecified atom stereocenters. The first-order valence-corrected chi connectivity index (χ1v) is 8.33. The van der Waals surface area contributed by atoms with Crippen LogP contribution in [0.25, 0.3) is 0 Å². The van der Waals surface area contributed by atoms with Gasteiger partial charge in [0.05, 0.1) is 18.3 Å². The molecule has 0 aliphatic carbocycles. The SMILES string of the molecule is CC(CC1CN(C(C)C)C(=O)CO1)N1CCC(O)(CO)CC1.